The van der Waals surface area contributed by atoms with Gasteiger partial charge in [-0.15, -0.1) is 0 Å². The molecule has 3 nitrogen and oxygen atoms in total. The summed E-state index contributed by atoms with van der Waals surface area (Å²) in [4.78, 5) is 14.3. The molecular weight excluding hydrogens is 317 g/mol. The van der Waals surface area contributed by atoms with Crippen LogP contribution in [0.4, 0.5) is 0 Å². The van der Waals surface area contributed by atoms with Crippen LogP contribution in [0.15, 0.2) is 48.7 Å². The fraction of sp³-hybridized carbons (Fsp3) is 0.0833. The third-order valence-corrected chi connectivity index (χ3v) is 6.50. The molecule has 0 bridgehead atoms. The zero-order valence-electron chi connectivity index (χ0n) is 8.81. The second-order valence-electron chi connectivity index (χ2n) is 3.13. The van der Waals surface area contributed by atoms with Gasteiger partial charge >= 0.3 is 102 Å². The normalized spacial score (nSPS) is 10.9. The van der Waals surface area contributed by atoms with Crippen LogP contribution in [-0.2, 0) is 7.86 Å². The number of benzene rings is 1. The number of hydrogen-bond acceptors (Lipinski definition) is 2. The SMILES string of the molecule is CC(=O)OI(c1ccccc1)c1ccc[nH]1. The molecule has 2 aromatic rings. The Balaban J connectivity index is 2.32. The average Bonchev–Trinajstić information content (AvgIpc) is 2.80. The number of carbonyl (C=O) groups excluding carboxylic acids is 1. The summed E-state index contributed by atoms with van der Waals surface area (Å²) < 4.78 is 7.62. The summed E-state index contributed by atoms with van der Waals surface area (Å²) >= 11 is -2.06. The van der Waals surface area contributed by atoms with E-state index in [1.54, 1.807) is 0 Å². The number of halogens is 1. The Morgan fingerprint density at radius 3 is 2.50 bits per heavy atom. The Kier molecular flexibility index (Phi) is 3.61. The molecule has 16 heavy (non-hydrogen) atoms. The van der Waals surface area contributed by atoms with Crippen molar-refractivity contribution in [1.82, 2.24) is 4.98 Å². The second kappa shape index (κ2) is 5.16. The fourth-order valence-corrected chi connectivity index (χ4v) is 5.10. The number of carbonyl (C=O) groups is 1. The number of aromatic amines is 1. The number of nitrogens with one attached hydrogen (secondary N) is 1. The summed E-state index contributed by atoms with van der Waals surface area (Å²) in [7, 11) is 0. The first-order valence-corrected chi connectivity index (χ1v) is 7.88. The van der Waals surface area contributed by atoms with E-state index in [-0.39, 0.29) is 5.97 Å². The summed E-state index contributed by atoms with van der Waals surface area (Å²) in [6.45, 7) is 1.45. The molecular formula is C12H12INO2. The molecule has 0 spiro atoms. The van der Waals surface area contributed by atoms with Crippen molar-refractivity contribution in [3.8, 4) is 0 Å². The third-order valence-electron chi connectivity index (χ3n) is 1.86. The molecule has 0 saturated carbocycles. The van der Waals surface area contributed by atoms with Gasteiger partial charge in [0.1, 0.15) is 0 Å². The molecule has 0 radical (unpaired) electrons. The van der Waals surface area contributed by atoms with E-state index in [9.17, 15) is 4.79 Å². The standard InChI is InChI=1S/C12H12INO2/c1-10(15)16-13(12-8-5-9-14-12)11-6-3-2-4-7-11/h2-9,14H,1H3. The van der Waals surface area contributed by atoms with Crippen LogP contribution in [0.1, 0.15) is 6.92 Å². The van der Waals surface area contributed by atoms with Crippen molar-refractivity contribution in [2.24, 2.45) is 0 Å². The molecule has 1 N–H and O–H groups in total. The summed E-state index contributed by atoms with van der Waals surface area (Å²) in [6, 6.07) is 13.8. The van der Waals surface area contributed by atoms with Crippen LogP contribution in [-0.4, -0.2) is 11.0 Å². The Bertz CT molecular complexity index is 453. The molecule has 0 aliphatic carbocycles. The zero-order valence-corrected chi connectivity index (χ0v) is 11.0. The molecule has 2 rings (SSSR count). The van der Waals surface area contributed by atoms with E-state index in [2.05, 4.69) is 4.98 Å². The minimum atomic E-state index is -2.06. The van der Waals surface area contributed by atoms with Gasteiger partial charge in [0.15, 0.2) is 0 Å². The van der Waals surface area contributed by atoms with Crippen molar-refractivity contribution in [1.29, 1.82) is 0 Å². The van der Waals surface area contributed by atoms with E-state index in [0.29, 0.717) is 0 Å². The van der Waals surface area contributed by atoms with E-state index >= 15 is 0 Å². The molecule has 0 aliphatic heterocycles. The van der Waals surface area contributed by atoms with Gasteiger partial charge < -0.3 is 0 Å². The molecule has 0 fully saturated rings. The molecule has 0 saturated heterocycles. The second-order valence-corrected chi connectivity index (χ2v) is 7.40. The van der Waals surface area contributed by atoms with Gasteiger partial charge in [-0.3, -0.25) is 0 Å². The topological polar surface area (TPSA) is 42.1 Å². The first-order valence-electron chi connectivity index (χ1n) is 4.85. The Labute approximate surface area is 102 Å². The Hall–Kier alpha value is -1.30. The van der Waals surface area contributed by atoms with Crippen molar-refractivity contribution in [3.63, 3.8) is 0 Å². The molecule has 4 heteroatoms. The van der Waals surface area contributed by atoms with Gasteiger partial charge in [0.2, 0.25) is 0 Å². The van der Waals surface area contributed by atoms with Crippen molar-refractivity contribution in [2.45, 2.75) is 6.92 Å². The van der Waals surface area contributed by atoms with Crippen molar-refractivity contribution >= 4 is 26.2 Å². The predicted molar refractivity (Wildman–Crippen MR) is 70.4 cm³/mol. The van der Waals surface area contributed by atoms with Crippen LogP contribution in [0.2, 0.25) is 0 Å². The van der Waals surface area contributed by atoms with E-state index in [4.69, 9.17) is 3.07 Å². The zero-order chi connectivity index (χ0) is 11.4. The molecule has 1 aromatic heterocycles. The average molecular weight is 329 g/mol. The summed E-state index contributed by atoms with van der Waals surface area (Å²) in [5.41, 5.74) is 0. The third kappa shape index (κ3) is 2.63. The first kappa shape index (κ1) is 11.2. The van der Waals surface area contributed by atoms with E-state index in [1.807, 2.05) is 48.7 Å². The minimum absolute atomic E-state index is 0.219. The van der Waals surface area contributed by atoms with Crippen molar-refractivity contribution in [2.75, 3.05) is 0 Å². The maximum atomic E-state index is 11.1. The van der Waals surface area contributed by atoms with E-state index in [0.717, 1.165) is 7.27 Å². The molecule has 0 aliphatic rings. The van der Waals surface area contributed by atoms with Gasteiger partial charge in [-0.05, 0) is 0 Å². The molecule has 84 valence electrons. The van der Waals surface area contributed by atoms with Gasteiger partial charge in [0, 0.05) is 0 Å². The van der Waals surface area contributed by atoms with Crippen LogP contribution >= 0.6 is 20.2 Å². The number of H-pyrrole nitrogens is 1. The van der Waals surface area contributed by atoms with Gasteiger partial charge in [0.25, 0.3) is 0 Å². The number of rotatable bonds is 3. The van der Waals surface area contributed by atoms with Crippen molar-refractivity contribution < 1.29 is 7.86 Å². The molecule has 1 heterocycles. The summed E-state index contributed by atoms with van der Waals surface area (Å²) in [6.07, 6.45) is 1.85. The van der Waals surface area contributed by atoms with E-state index in [1.165, 1.54) is 6.92 Å². The first-order chi connectivity index (χ1) is 7.77. The Morgan fingerprint density at radius 2 is 1.94 bits per heavy atom. The fourth-order valence-electron chi connectivity index (χ4n) is 1.26. The van der Waals surface area contributed by atoms with E-state index < -0.39 is 20.2 Å². The molecule has 0 amide bonds. The van der Waals surface area contributed by atoms with Gasteiger partial charge in [-0.1, -0.05) is 0 Å². The quantitative estimate of drug-likeness (QED) is 0.880. The van der Waals surface area contributed by atoms with Crippen LogP contribution in [0.5, 0.6) is 0 Å². The van der Waals surface area contributed by atoms with Gasteiger partial charge in [-0.2, -0.15) is 0 Å². The summed E-state index contributed by atoms with van der Waals surface area (Å²) in [5, 5.41) is 0. The van der Waals surface area contributed by atoms with Crippen LogP contribution < -0.4 is 0 Å². The van der Waals surface area contributed by atoms with Gasteiger partial charge in [0.05, 0.1) is 0 Å². The predicted octanol–water partition coefficient (Wildman–Crippen LogP) is 3.04. The maximum absolute atomic E-state index is 11.1. The Morgan fingerprint density at radius 1 is 1.19 bits per heavy atom. The monoisotopic (exact) mass is 329 g/mol. The van der Waals surface area contributed by atoms with Crippen molar-refractivity contribution in [3.05, 3.63) is 55.9 Å². The van der Waals surface area contributed by atoms with Gasteiger partial charge in [-0.25, -0.2) is 0 Å². The summed E-state index contributed by atoms with van der Waals surface area (Å²) in [5.74, 6) is -0.219. The molecule has 0 unspecified atom stereocenters. The number of aromatic nitrogens is 1. The molecule has 1 aromatic carbocycles. The number of hydrogen-bond donors (Lipinski definition) is 1. The van der Waals surface area contributed by atoms with Crippen LogP contribution in [0, 0.1) is 7.27 Å². The molecule has 0 atom stereocenters. The van der Waals surface area contributed by atoms with Crippen LogP contribution in [0.25, 0.3) is 0 Å². The van der Waals surface area contributed by atoms with Crippen LogP contribution in [0.3, 0.4) is 0 Å².